The van der Waals surface area contributed by atoms with Gasteiger partial charge in [-0.2, -0.15) is 14.8 Å². The lowest BCUT2D eigenvalue weighted by Crippen LogP contribution is -2.04. The molecule has 34 heavy (non-hydrogen) atoms. The van der Waals surface area contributed by atoms with Gasteiger partial charge in [0.25, 0.3) is 5.95 Å². The zero-order valence-electron chi connectivity index (χ0n) is 17.5. The van der Waals surface area contributed by atoms with Crippen molar-refractivity contribution in [2.24, 2.45) is 0 Å². The maximum atomic E-state index is 14.6. The Balaban J connectivity index is 1.43. The van der Waals surface area contributed by atoms with Crippen LogP contribution in [0.1, 0.15) is 11.1 Å². The molecule has 0 amide bonds. The summed E-state index contributed by atoms with van der Waals surface area (Å²) in [7, 11) is 0. The number of nitriles is 1. The Morgan fingerprint density at radius 1 is 1.03 bits per heavy atom. The van der Waals surface area contributed by atoms with Gasteiger partial charge < -0.3 is 9.97 Å². The third kappa shape index (κ3) is 3.23. The Kier molecular flexibility index (Phi) is 4.35. The number of fused-ring (bicyclic) bond motifs is 2. The van der Waals surface area contributed by atoms with E-state index in [-0.39, 0.29) is 11.2 Å². The number of halogens is 1. The molecule has 0 aliphatic rings. The number of aromatic amines is 2. The lowest BCUT2D eigenvalue weighted by molar-refractivity contribution is 0.573. The summed E-state index contributed by atoms with van der Waals surface area (Å²) in [4.78, 5) is 21.3. The van der Waals surface area contributed by atoms with Crippen LogP contribution in [0.3, 0.4) is 0 Å². The molecule has 10 heteroatoms. The fourth-order valence-electron chi connectivity index (χ4n) is 4.01. The molecule has 2 N–H and O–H groups in total. The summed E-state index contributed by atoms with van der Waals surface area (Å²) in [5.74, 6) is -0.685. The highest BCUT2D eigenvalue weighted by Crippen LogP contribution is 2.27. The minimum absolute atomic E-state index is 0.143. The minimum Gasteiger partial charge on any atom is -0.306 e. The number of aromatic nitrogens is 7. The summed E-state index contributed by atoms with van der Waals surface area (Å²) < 4.78 is 17.9. The second-order valence-corrected chi connectivity index (χ2v) is 7.79. The van der Waals surface area contributed by atoms with Crippen molar-refractivity contribution < 1.29 is 4.39 Å². The molecule has 164 valence electrons. The number of nitrogens with zero attached hydrogens (tertiary/aromatic N) is 6. The summed E-state index contributed by atoms with van der Waals surface area (Å²) in [6, 6.07) is 18.3. The summed E-state index contributed by atoms with van der Waals surface area (Å²) in [6.07, 6.45) is 3.29. The van der Waals surface area contributed by atoms with Crippen molar-refractivity contribution in [3.63, 3.8) is 0 Å². The summed E-state index contributed by atoms with van der Waals surface area (Å²) in [6.45, 7) is 0.497. The van der Waals surface area contributed by atoms with E-state index in [1.54, 1.807) is 42.7 Å². The molecule has 0 radical (unpaired) electrons. The van der Waals surface area contributed by atoms with E-state index in [0.29, 0.717) is 34.3 Å². The van der Waals surface area contributed by atoms with Crippen molar-refractivity contribution >= 4 is 22.1 Å². The molecule has 0 fully saturated rings. The largest absolute Gasteiger partial charge is 0.323 e. The predicted molar refractivity (Wildman–Crippen MR) is 123 cm³/mol. The number of rotatable bonds is 4. The van der Waals surface area contributed by atoms with E-state index in [2.05, 4.69) is 31.2 Å². The number of nitrogens with one attached hydrogen (secondary N) is 2. The second kappa shape index (κ2) is 7.53. The van der Waals surface area contributed by atoms with Crippen LogP contribution >= 0.6 is 0 Å². The van der Waals surface area contributed by atoms with Crippen LogP contribution in [-0.2, 0) is 6.54 Å². The fourth-order valence-corrected chi connectivity index (χ4v) is 4.01. The predicted octanol–water partition coefficient (Wildman–Crippen LogP) is 3.51. The van der Waals surface area contributed by atoms with Crippen LogP contribution in [0.4, 0.5) is 4.39 Å². The van der Waals surface area contributed by atoms with Crippen LogP contribution < -0.4 is 5.69 Å². The highest BCUT2D eigenvalue weighted by molar-refractivity contribution is 5.83. The van der Waals surface area contributed by atoms with Gasteiger partial charge in [-0.25, -0.2) is 14.5 Å². The van der Waals surface area contributed by atoms with Gasteiger partial charge in [-0.3, -0.25) is 4.68 Å². The third-order valence-electron chi connectivity index (χ3n) is 5.65. The first-order valence-electron chi connectivity index (χ1n) is 10.4. The van der Waals surface area contributed by atoms with E-state index in [1.807, 2.05) is 28.9 Å². The van der Waals surface area contributed by atoms with E-state index in [1.165, 1.54) is 4.68 Å². The molecular formula is C24H15FN8O. The normalized spacial score (nSPS) is 11.3. The third-order valence-corrected chi connectivity index (χ3v) is 5.65. The van der Waals surface area contributed by atoms with Crippen LogP contribution in [0.2, 0.25) is 0 Å². The number of hydrogen-bond donors (Lipinski definition) is 2. The van der Waals surface area contributed by atoms with Crippen molar-refractivity contribution in [2.75, 3.05) is 0 Å². The van der Waals surface area contributed by atoms with E-state index >= 15 is 0 Å². The molecule has 0 aliphatic carbocycles. The Morgan fingerprint density at radius 2 is 1.85 bits per heavy atom. The van der Waals surface area contributed by atoms with Crippen LogP contribution in [-0.4, -0.2) is 34.5 Å². The Labute approximate surface area is 190 Å². The molecule has 6 rings (SSSR count). The van der Waals surface area contributed by atoms with Crippen molar-refractivity contribution in [1.29, 1.82) is 5.26 Å². The highest BCUT2D eigenvalue weighted by atomic mass is 19.1. The van der Waals surface area contributed by atoms with E-state index in [9.17, 15) is 9.18 Å². The van der Waals surface area contributed by atoms with Crippen molar-refractivity contribution in [1.82, 2.24) is 34.5 Å². The summed E-state index contributed by atoms with van der Waals surface area (Å²) in [5.41, 5.74) is 5.27. The molecule has 4 aromatic heterocycles. The smallest absolute Gasteiger partial charge is 0.306 e. The van der Waals surface area contributed by atoms with Gasteiger partial charge in [0.2, 0.25) is 0 Å². The maximum Gasteiger partial charge on any atom is 0.323 e. The average Bonchev–Trinajstić information content (AvgIpc) is 3.55. The van der Waals surface area contributed by atoms with Gasteiger partial charge in [0, 0.05) is 18.0 Å². The number of benzene rings is 2. The van der Waals surface area contributed by atoms with E-state index in [4.69, 9.17) is 5.26 Å². The Bertz CT molecular complexity index is 1780. The minimum atomic E-state index is -0.685. The summed E-state index contributed by atoms with van der Waals surface area (Å²) in [5, 5.41) is 17.5. The van der Waals surface area contributed by atoms with Crippen LogP contribution in [0.15, 0.2) is 71.8 Å². The molecule has 0 atom stereocenters. The standard InChI is InChI=1S/C24H15FN8O/c25-23-22-21(33(31-23)17-5-6-18-19(10-17)30-24(34)29-18)9-16(12-27-22)20-7-8-28-32(20)13-15-3-1-14(11-26)2-4-15/h1-10,12H,13H2,(H2,29,30,34). The molecule has 0 bridgehead atoms. The van der Waals surface area contributed by atoms with E-state index < -0.39 is 5.95 Å². The van der Waals surface area contributed by atoms with Gasteiger partial charge in [-0.15, -0.1) is 5.10 Å². The van der Waals surface area contributed by atoms with Gasteiger partial charge in [0.05, 0.1) is 46.1 Å². The first kappa shape index (κ1) is 19.6. The van der Waals surface area contributed by atoms with Crippen LogP contribution in [0.25, 0.3) is 39.0 Å². The molecule has 9 nitrogen and oxygen atoms in total. The first-order valence-corrected chi connectivity index (χ1v) is 10.4. The number of pyridine rings is 1. The lowest BCUT2D eigenvalue weighted by Gasteiger charge is -2.09. The molecule has 0 unspecified atom stereocenters. The van der Waals surface area contributed by atoms with Gasteiger partial charge in [-0.1, -0.05) is 12.1 Å². The SMILES string of the molecule is N#Cc1ccc(Cn2nccc2-c2cnc3c(F)nn(-c4ccc5[nH]c(=O)[nH]c5c4)c3c2)cc1. The van der Waals surface area contributed by atoms with Gasteiger partial charge in [-0.05, 0) is 48.0 Å². The van der Waals surface area contributed by atoms with Crippen LogP contribution in [0, 0.1) is 17.3 Å². The van der Waals surface area contributed by atoms with Crippen molar-refractivity contribution in [2.45, 2.75) is 6.54 Å². The molecular weight excluding hydrogens is 435 g/mol. The lowest BCUT2D eigenvalue weighted by atomic mass is 10.1. The quantitative estimate of drug-likeness (QED) is 0.426. The average molecular weight is 450 g/mol. The molecule has 0 aliphatic heterocycles. The van der Waals surface area contributed by atoms with Crippen LogP contribution in [0.5, 0.6) is 0 Å². The Morgan fingerprint density at radius 3 is 2.68 bits per heavy atom. The summed E-state index contributed by atoms with van der Waals surface area (Å²) >= 11 is 0. The molecule has 0 saturated heterocycles. The van der Waals surface area contributed by atoms with Crippen molar-refractivity contribution in [3.8, 4) is 23.0 Å². The number of imidazole rings is 1. The molecule has 4 heterocycles. The fraction of sp³-hybridized carbons (Fsp3) is 0.0417. The topological polar surface area (TPSA) is 121 Å². The highest BCUT2D eigenvalue weighted by Gasteiger charge is 2.16. The number of H-pyrrole nitrogens is 2. The van der Waals surface area contributed by atoms with Crippen molar-refractivity contribution in [3.05, 3.63) is 94.5 Å². The molecule has 6 aromatic rings. The van der Waals surface area contributed by atoms with Gasteiger partial charge >= 0.3 is 5.69 Å². The molecule has 0 saturated carbocycles. The Hall–Kier alpha value is -5.04. The van der Waals surface area contributed by atoms with E-state index in [0.717, 1.165) is 16.8 Å². The first-order chi connectivity index (χ1) is 16.6. The second-order valence-electron chi connectivity index (χ2n) is 7.79. The zero-order chi connectivity index (χ0) is 23.2. The monoisotopic (exact) mass is 450 g/mol. The number of hydrogen-bond acceptors (Lipinski definition) is 5. The molecule has 0 spiro atoms. The maximum absolute atomic E-state index is 14.6. The van der Waals surface area contributed by atoms with Gasteiger partial charge in [0.1, 0.15) is 5.52 Å². The zero-order valence-corrected chi connectivity index (χ0v) is 17.5. The van der Waals surface area contributed by atoms with Gasteiger partial charge in [0.15, 0.2) is 0 Å². The molecule has 2 aromatic carbocycles.